The molecule has 5 aromatic carbocycles. The molecule has 1 aliphatic carbocycles. The molecule has 0 unspecified atom stereocenters. The van der Waals surface area contributed by atoms with Crippen LogP contribution < -0.4 is 25.6 Å². The standard InChI is InChI=1S/C77H98ClF3N10O9S4/c1-52(54-18-20-56(21-19-54)70-53(2)82-51-102-70)83-73(95)67-45-62(92)49-91(67)74(96)71(75(3,4)5)85-69(93)17-13-8-9-14-35-87-37-39-88(40-38-87)36-33-60(50-101-63-15-11-10-12-16-63)84-66-31-30-64(46-68(66)103(97,98)77(79,80)81)104(99,100)86-72(94)57-24-28-61(29-25-57)90-43-41-89(42-44-90)48-58-32-34-76(6,7)47-65(58)55-22-26-59(78)27-23-55/h10-12,15-16,18-31,46,51-52,60,62,67,71,84,92H,8-9,13-14,17,32-45,47-50H2,1-7H3,(H,83,95)(H,85,93)(H,86,94)/t52-,60+,62+,67-,71+/m0/s1. The number of aromatic nitrogens is 1. The van der Waals surface area contributed by atoms with Gasteiger partial charge < -0.3 is 40.7 Å². The third kappa shape index (κ3) is 21.0. The molecule has 4 amide bonds. The number of aryl methyl sites for hydroxylation is 1. The highest BCUT2D eigenvalue weighted by atomic mass is 35.5. The number of amides is 4. The Bertz CT molecular complexity index is 4200. The number of halogens is 4. The number of likely N-dealkylation sites (tertiary alicyclic amines) is 1. The Kier molecular flexibility index (Phi) is 26.6. The van der Waals surface area contributed by atoms with Crippen LogP contribution >= 0.6 is 34.7 Å². The second kappa shape index (κ2) is 34.8. The van der Waals surface area contributed by atoms with Crippen molar-refractivity contribution < 1.29 is 54.3 Å². The van der Waals surface area contributed by atoms with Crippen molar-refractivity contribution in [1.82, 2.24) is 39.9 Å². The minimum atomic E-state index is -6.15. The molecule has 0 bridgehead atoms. The fourth-order valence-corrected chi connectivity index (χ4v) is 18.0. The van der Waals surface area contributed by atoms with Crippen LogP contribution in [0.5, 0.6) is 0 Å². The number of piperazine rings is 2. The minimum Gasteiger partial charge on any atom is -0.391 e. The van der Waals surface area contributed by atoms with Gasteiger partial charge in [0.2, 0.25) is 17.7 Å². The maximum absolute atomic E-state index is 14.6. The van der Waals surface area contributed by atoms with E-state index in [1.165, 1.54) is 45.5 Å². The molecule has 5 atom stereocenters. The number of alkyl halides is 3. The van der Waals surface area contributed by atoms with Gasteiger partial charge >= 0.3 is 5.51 Å². The summed E-state index contributed by atoms with van der Waals surface area (Å²) < 4.78 is 100. The number of hydrogen-bond acceptors (Lipinski definition) is 17. The number of sulfonamides is 1. The summed E-state index contributed by atoms with van der Waals surface area (Å²) in [6.45, 7) is 22.2. The average Bonchev–Trinajstić information content (AvgIpc) is 0.823. The first-order valence-corrected chi connectivity index (χ1v) is 41.1. The molecule has 4 aliphatic rings. The van der Waals surface area contributed by atoms with E-state index in [0.717, 1.165) is 122 Å². The number of thioether (sulfide) groups is 1. The van der Waals surface area contributed by atoms with Crippen molar-refractivity contribution in [3.8, 4) is 10.4 Å². The van der Waals surface area contributed by atoms with Crippen LogP contribution in [0.2, 0.25) is 5.02 Å². The van der Waals surface area contributed by atoms with Gasteiger partial charge in [-0.1, -0.05) is 119 Å². The van der Waals surface area contributed by atoms with Gasteiger partial charge in [-0.2, -0.15) is 13.2 Å². The quantitative estimate of drug-likeness (QED) is 0.0217. The number of unbranched alkanes of at least 4 members (excludes halogenated alkanes) is 3. The molecule has 0 saturated carbocycles. The molecule has 0 spiro atoms. The van der Waals surface area contributed by atoms with Gasteiger partial charge in [0.25, 0.3) is 25.8 Å². The SMILES string of the molecule is Cc1ncsc1-c1ccc([C@H](C)NC(=O)[C@@H]2C[C@@H](O)CN2C(=O)[C@@H](NC(=O)CCCCCCN2CCN(CC[C@H](CSc3ccccc3)Nc3ccc(S(=O)(=O)NC(=O)c4ccc(N5CCN(CC6=C(c7ccc(Cl)cc7)CC(C)(C)CC6)CC5)cc4)cc3S(=O)(=O)C(F)(F)F)CC2)C(C)(C)C)cc1. The van der Waals surface area contributed by atoms with E-state index >= 15 is 0 Å². The van der Waals surface area contributed by atoms with E-state index in [4.69, 9.17) is 11.6 Å². The molecular formula is C77H98ClF3N10O9S4. The number of β-amino-alcohol motifs (C(OH)–C–C–N with tert-alkyl or cyclic N) is 1. The Morgan fingerprint density at radius 3 is 2.07 bits per heavy atom. The topological polar surface area (TPSA) is 234 Å². The second-order valence-corrected chi connectivity index (χ2v) is 35.7. The summed E-state index contributed by atoms with van der Waals surface area (Å²) in [7, 11) is -11.1. The van der Waals surface area contributed by atoms with Crippen molar-refractivity contribution in [2.45, 2.75) is 163 Å². The van der Waals surface area contributed by atoms with Crippen LogP contribution in [0.15, 0.2) is 147 Å². The van der Waals surface area contributed by atoms with E-state index in [2.05, 4.69) is 66.5 Å². The van der Waals surface area contributed by atoms with Gasteiger partial charge in [0, 0.05) is 118 Å². The van der Waals surface area contributed by atoms with Crippen LogP contribution in [0.3, 0.4) is 0 Å². The number of carbonyl (C=O) groups is 4. The van der Waals surface area contributed by atoms with Crippen molar-refractivity contribution >= 4 is 95.1 Å². The van der Waals surface area contributed by atoms with Crippen LogP contribution in [0.1, 0.15) is 139 Å². The Hall–Kier alpha value is -6.88. The number of anilines is 2. The van der Waals surface area contributed by atoms with Gasteiger partial charge in [-0.3, -0.25) is 24.1 Å². The molecule has 562 valence electrons. The number of rotatable bonds is 29. The van der Waals surface area contributed by atoms with Crippen molar-refractivity contribution in [1.29, 1.82) is 0 Å². The van der Waals surface area contributed by atoms with Gasteiger partial charge in [0.1, 0.15) is 17.0 Å². The molecule has 3 fully saturated rings. The van der Waals surface area contributed by atoms with Crippen molar-refractivity contribution in [2.24, 2.45) is 10.8 Å². The third-order valence-electron chi connectivity index (χ3n) is 20.2. The largest absolute Gasteiger partial charge is 0.501 e. The minimum absolute atomic E-state index is 0.0248. The maximum atomic E-state index is 14.6. The van der Waals surface area contributed by atoms with Crippen LogP contribution in [-0.2, 0) is 34.2 Å². The smallest absolute Gasteiger partial charge is 0.391 e. The highest BCUT2D eigenvalue weighted by Gasteiger charge is 2.49. The Labute approximate surface area is 624 Å². The first-order valence-electron chi connectivity index (χ1n) is 35.9. The molecule has 3 aliphatic heterocycles. The normalized spacial score (nSPS) is 19.0. The number of nitrogens with zero attached hydrogens (tertiary/aromatic N) is 6. The molecule has 10 rings (SSSR count). The predicted molar refractivity (Wildman–Crippen MR) is 407 cm³/mol. The molecule has 5 N–H and O–H groups in total. The summed E-state index contributed by atoms with van der Waals surface area (Å²) in [4.78, 5) is 70.0. The zero-order chi connectivity index (χ0) is 74.7. The van der Waals surface area contributed by atoms with E-state index in [9.17, 15) is 54.3 Å². The summed E-state index contributed by atoms with van der Waals surface area (Å²) in [5.41, 5.74) is 2.74. The van der Waals surface area contributed by atoms with Gasteiger partial charge in [0.15, 0.2) is 0 Å². The predicted octanol–water partition coefficient (Wildman–Crippen LogP) is 12.9. The molecule has 27 heteroatoms. The zero-order valence-corrected chi connectivity index (χ0v) is 64.3. The number of aliphatic hydroxyl groups is 1. The molecule has 6 aromatic rings. The molecule has 104 heavy (non-hydrogen) atoms. The van der Waals surface area contributed by atoms with E-state index < -0.39 is 82.3 Å². The Morgan fingerprint density at radius 1 is 0.779 bits per heavy atom. The number of carbonyl (C=O) groups excluding carboxylic acids is 4. The van der Waals surface area contributed by atoms with Crippen molar-refractivity contribution in [3.63, 3.8) is 0 Å². The van der Waals surface area contributed by atoms with Gasteiger partial charge in [-0.05, 0) is 159 Å². The Balaban J connectivity index is 0.681. The number of allylic oxidation sites excluding steroid dienone is 1. The number of nitrogens with one attached hydrogen (secondary N) is 4. The van der Waals surface area contributed by atoms with Crippen molar-refractivity contribution in [3.05, 3.63) is 160 Å². The molecule has 19 nitrogen and oxygen atoms in total. The van der Waals surface area contributed by atoms with Gasteiger partial charge in [-0.15, -0.1) is 23.1 Å². The Morgan fingerprint density at radius 2 is 1.42 bits per heavy atom. The molecule has 4 heterocycles. The van der Waals surface area contributed by atoms with Gasteiger partial charge in [-0.25, -0.2) is 26.5 Å². The zero-order valence-electron chi connectivity index (χ0n) is 60.3. The number of aliphatic hydroxyl groups excluding tert-OH is 1. The third-order valence-corrected chi connectivity index (χ3v) is 25.5. The molecule has 1 aromatic heterocycles. The van der Waals surface area contributed by atoms with E-state index in [-0.39, 0.29) is 48.2 Å². The summed E-state index contributed by atoms with van der Waals surface area (Å²) in [5.74, 6) is -1.80. The lowest BCUT2D eigenvalue weighted by atomic mass is 9.72. The molecular weight excluding hydrogens is 1430 g/mol. The highest BCUT2D eigenvalue weighted by Crippen LogP contribution is 2.44. The molecule has 3 saturated heterocycles. The maximum Gasteiger partial charge on any atom is 0.501 e. The van der Waals surface area contributed by atoms with Crippen LogP contribution in [-0.4, -0.2) is 184 Å². The fourth-order valence-electron chi connectivity index (χ4n) is 14.0. The highest BCUT2D eigenvalue weighted by molar-refractivity contribution is 7.99. The average molecular weight is 1530 g/mol. The van der Waals surface area contributed by atoms with E-state index in [1.807, 2.05) is 106 Å². The molecule has 0 radical (unpaired) electrons. The van der Waals surface area contributed by atoms with Crippen LogP contribution in [0, 0.1) is 17.8 Å². The summed E-state index contributed by atoms with van der Waals surface area (Å²) in [6, 6.07) is 31.3. The summed E-state index contributed by atoms with van der Waals surface area (Å²) in [5, 5.41) is 20.5. The van der Waals surface area contributed by atoms with E-state index in [1.54, 1.807) is 29.0 Å². The first kappa shape index (κ1) is 79.7. The number of benzene rings is 5. The lowest BCUT2D eigenvalue weighted by Gasteiger charge is -2.39. The summed E-state index contributed by atoms with van der Waals surface area (Å²) >= 11 is 9.24. The van der Waals surface area contributed by atoms with Crippen LogP contribution in [0.4, 0.5) is 24.5 Å². The number of hydrogen-bond donors (Lipinski definition) is 5. The first-order chi connectivity index (χ1) is 49.3. The number of thiazole rings is 1. The van der Waals surface area contributed by atoms with Crippen LogP contribution in [0.25, 0.3) is 16.0 Å². The van der Waals surface area contributed by atoms with Crippen molar-refractivity contribution in [2.75, 3.05) is 94.5 Å². The fraction of sp³-hybridized carbons (Fsp3) is 0.494. The summed E-state index contributed by atoms with van der Waals surface area (Å²) in [6.07, 6.45) is 6.02. The number of sulfone groups is 1. The second-order valence-electron chi connectivity index (χ2n) is 29.8. The van der Waals surface area contributed by atoms with Gasteiger partial charge in [0.05, 0.1) is 38.8 Å². The van der Waals surface area contributed by atoms with E-state index in [0.29, 0.717) is 62.4 Å². The lowest BCUT2D eigenvalue weighted by molar-refractivity contribution is -0.144. The monoisotopic (exact) mass is 1530 g/mol. The lowest BCUT2D eigenvalue weighted by Crippen LogP contribution is -2.57.